The lowest BCUT2D eigenvalue weighted by molar-refractivity contribution is 0.415. The Labute approximate surface area is 135 Å². The third-order valence-corrected chi connectivity index (χ3v) is 4.90. The molecule has 23 heavy (non-hydrogen) atoms. The van der Waals surface area contributed by atoms with Crippen LogP contribution in [0.5, 0.6) is 5.75 Å². The van der Waals surface area contributed by atoms with E-state index in [4.69, 9.17) is 4.74 Å². The van der Waals surface area contributed by atoms with Crippen LogP contribution in [0.1, 0.15) is 18.2 Å². The second kappa shape index (κ2) is 4.98. The zero-order valence-corrected chi connectivity index (χ0v) is 14.0. The van der Waals surface area contributed by atoms with E-state index in [9.17, 15) is 0 Å². The topological polar surface area (TPSA) is 27.1 Å². The van der Waals surface area contributed by atoms with E-state index in [0.29, 0.717) is 0 Å². The summed E-state index contributed by atoms with van der Waals surface area (Å²) in [6, 6.07) is 10.7. The zero-order valence-electron chi connectivity index (χ0n) is 14.0. The molecule has 0 atom stereocenters. The fraction of sp³-hybridized carbons (Fsp3) is 0.250. The Morgan fingerprint density at radius 2 is 1.87 bits per heavy atom. The minimum Gasteiger partial charge on any atom is -0.497 e. The highest BCUT2D eigenvalue weighted by atomic mass is 16.5. The normalized spacial score (nSPS) is 11.7. The van der Waals surface area contributed by atoms with Gasteiger partial charge in [-0.1, -0.05) is 6.92 Å². The fourth-order valence-corrected chi connectivity index (χ4v) is 3.74. The molecule has 4 aromatic rings. The van der Waals surface area contributed by atoms with Gasteiger partial charge in [-0.3, -0.25) is 4.98 Å². The van der Waals surface area contributed by atoms with Crippen molar-refractivity contribution in [3.63, 3.8) is 0 Å². The maximum absolute atomic E-state index is 5.42. The first-order chi connectivity index (χ1) is 11.2. The molecule has 3 nitrogen and oxygen atoms in total. The van der Waals surface area contributed by atoms with Crippen molar-refractivity contribution in [2.75, 3.05) is 7.11 Å². The molecule has 0 spiro atoms. The van der Waals surface area contributed by atoms with Gasteiger partial charge in [0.2, 0.25) is 0 Å². The molecule has 0 saturated carbocycles. The lowest BCUT2D eigenvalue weighted by Gasteiger charge is -2.09. The number of nitrogens with zero attached hydrogens (tertiary/aromatic N) is 2. The smallest absolute Gasteiger partial charge is 0.119 e. The maximum atomic E-state index is 5.42. The van der Waals surface area contributed by atoms with Crippen LogP contribution in [-0.4, -0.2) is 16.7 Å². The van der Waals surface area contributed by atoms with E-state index in [1.165, 1.54) is 38.1 Å². The number of methoxy groups -OCH3 is 1. The van der Waals surface area contributed by atoms with Gasteiger partial charge in [0.05, 0.1) is 12.6 Å². The molecule has 0 amide bonds. The van der Waals surface area contributed by atoms with E-state index in [1.54, 1.807) is 7.11 Å². The van der Waals surface area contributed by atoms with Gasteiger partial charge in [0, 0.05) is 40.6 Å². The minimum atomic E-state index is 0.893. The molecule has 0 radical (unpaired) electrons. The Morgan fingerprint density at radius 3 is 2.61 bits per heavy atom. The van der Waals surface area contributed by atoms with Crippen LogP contribution < -0.4 is 4.74 Å². The van der Waals surface area contributed by atoms with Crippen LogP contribution in [-0.2, 0) is 13.5 Å². The van der Waals surface area contributed by atoms with Crippen LogP contribution in [0.4, 0.5) is 0 Å². The highest BCUT2D eigenvalue weighted by Crippen LogP contribution is 2.36. The lowest BCUT2D eigenvalue weighted by Crippen LogP contribution is -1.94. The van der Waals surface area contributed by atoms with Gasteiger partial charge in [-0.05, 0) is 54.6 Å². The van der Waals surface area contributed by atoms with Crippen molar-refractivity contribution in [2.24, 2.45) is 7.05 Å². The molecule has 2 aromatic carbocycles. The van der Waals surface area contributed by atoms with E-state index in [2.05, 4.69) is 54.7 Å². The average molecular weight is 304 g/mol. The molecule has 3 heteroatoms. The maximum Gasteiger partial charge on any atom is 0.119 e. The predicted molar refractivity (Wildman–Crippen MR) is 96.4 cm³/mol. The molecule has 116 valence electrons. The van der Waals surface area contributed by atoms with Crippen molar-refractivity contribution < 1.29 is 4.74 Å². The van der Waals surface area contributed by atoms with Crippen molar-refractivity contribution in [3.8, 4) is 5.75 Å². The Kier molecular flexibility index (Phi) is 3.05. The van der Waals surface area contributed by atoms with Crippen molar-refractivity contribution in [1.82, 2.24) is 9.55 Å². The van der Waals surface area contributed by atoms with Crippen molar-refractivity contribution >= 4 is 32.6 Å². The van der Waals surface area contributed by atoms with Crippen molar-refractivity contribution in [2.45, 2.75) is 20.3 Å². The molecule has 0 fully saturated rings. The summed E-state index contributed by atoms with van der Waals surface area (Å²) in [6.07, 6.45) is 2.86. The molecule has 2 heterocycles. The number of fused-ring (bicyclic) bond motifs is 4. The van der Waals surface area contributed by atoms with Gasteiger partial charge in [0.25, 0.3) is 0 Å². The van der Waals surface area contributed by atoms with Crippen molar-refractivity contribution in [3.05, 3.63) is 47.8 Å². The molecule has 0 bridgehead atoms. The minimum absolute atomic E-state index is 0.893. The number of aryl methyl sites for hydroxylation is 3. The van der Waals surface area contributed by atoms with Crippen LogP contribution in [0.3, 0.4) is 0 Å². The van der Waals surface area contributed by atoms with Crippen LogP contribution in [0.25, 0.3) is 32.6 Å². The van der Waals surface area contributed by atoms with E-state index in [1.807, 2.05) is 12.3 Å². The Bertz CT molecular complexity index is 1060. The zero-order chi connectivity index (χ0) is 16.1. The summed E-state index contributed by atoms with van der Waals surface area (Å²) >= 11 is 0. The highest BCUT2D eigenvalue weighted by Gasteiger charge is 2.15. The van der Waals surface area contributed by atoms with Gasteiger partial charge < -0.3 is 9.30 Å². The molecule has 0 unspecified atom stereocenters. The third kappa shape index (κ3) is 1.86. The first-order valence-corrected chi connectivity index (χ1v) is 7.99. The number of hydrogen-bond donors (Lipinski definition) is 0. The SMILES string of the molecule is CCc1nccc2c(C)c3c(cc12)c1cc(OC)ccc1n3C. The summed E-state index contributed by atoms with van der Waals surface area (Å²) in [6.45, 7) is 4.37. The first kappa shape index (κ1) is 14.1. The Morgan fingerprint density at radius 1 is 1.04 bits per heavy atom. The molecule has 4 rings (SSSR count). The van der Waals surface area contributed by atoms with Crippen LogP contribution in [0.15, 0.2) is 36.5 Å². The van der Waals surface area contributed by atoms with E-state index in [0.717, 1.165) is 17.9 Å². The number of hydrogen-bond acceptors (Lipinski definition) is 2. The molecule has 0 aliphatic heterocycles. The fourth-order valence-electron chi connectivity index (χ4n) is 3.74. The van der Waals surface area contributed by atoms with Crippen molar-refractivity contribution in [1.29, 1.82) is 0 Å². The number of ether oxygens (including phenoxy) is 1. The summed E-state index contributed by atoms with van der Waals surface area (Å²) in [5.74, 6) is 0.893. The molecular weight excluding hydrogens is 284 g/mol. The van der Waals surface area contributed by atoms with E-state index < -0.39 is 0 Å². The molecule has 0 aliphatic carbocycles. The van der Waals surface area contributed by atoms with Gasteiger partial charge in [0.15, 0.2) is 0 Å². The van der Waals surface area contributed by atoms with E-state index in [-0.39, 0.29) is 0 Å². The lowest BCUT2D eigenvalue weighted by atomic mass is 9.99. The second-order valence-corrected chi connectivity index (χ2v) is 6.05. The van der Waals surface area contributed by atoms with Crippen LogP contribution in [0, 0.1) is 6.92 Å². The number of pyridine rings is 1. The Balaban J connectivity index is 2.26. The summed E-state index contributed by atoms with van der Waals surface area (Å²) in [7, 11) is 3.85. The number of aromatic nitrogens is 2. The standard InChI is InChI=1S/C20H20N2O/c1-5-18-15-11-17-16-10-13(23-4)6-7-19(16)22(3)20(17)12(2)14(15)8-9-21-18/h6-11H,5H2,1-4H3. The third-order valence-electron chi connectivity index (χ3n) is 4.90. The highest BCUT2D eigenvalue weighted by molar-refractivity contribution is 6.15. The first-order valence-electron chi connectivity index (χ1n) is 7.99. The van der Waals surface area contributed by atoms with Gasteiger partial charge in [0.1, 0.15) is 5.75 Å². The van der Waals surface area contributed by atoms with Gasteiger partial charge in [-0.15, -0.1) is 0 Å². The van der Waals surface area contributed by atoms with Gasteiger partial charge in [-0.2, -0.15) is 0 Å². The molecule has 0 saturated heterocycles. The average Bonchev–Trinajstić information content (AvgIpc) is 2.87. The molecule has 0 N–H and O–H groups in total. The quantitative estimate of drug-likeness (QED) is 0.534. The Hall–Kier alpha value is -2.55. The summed E-state index contributed by atoms with van der Waals surface area (Å²) < 4.78 is 7.70. The summed E-state index contributed by atoms with van der Waals surface area (Å²) in [5, 5.41) is 5.06. The van der Waals surface area contributed by atoms with Crippen LogP contribution >= 0.6 is 0 Å². The summed E-state index contributed by atoms with van der Waals surface area (Å²) in [5.41, 5.74) is 4.99. The van der Waals surface area contributed by atoms with Gasteiger partial charge in [-0.25, -0.2) is 0 Å². The second-order valence-electron chi connectivity index (χ2n) is 6.05. The predicted octanol–water partition coefficient (Wildman–Crippen LogP) is 4.76. The van der Waals surface area contributed by atoms with Gasteiger partial charge >= 0.3 is 0 Å². The van der Waals surface area contributed by atoms with E-state index >= 15 is 0 Å². The number of benzene rings is 2. The molecule has 2 aromatic heterocycles. The van der Waals surface area contributed by atoms with Crippen LogP contribution in [0.2, 0.25) is 0 Å². The number of rotatable bonds is 2. The molecule has 0 aliphatic rings. The monoisotopic (exact) mass is 304 g/mol. The summed E-state index contributed by atoms with van der Waals surface area (Å²) in [4.78, 5) is 4.56. The largest absolute Gasteiger partial charge is 0.497 e. The molecular formula is C20H20N2O.